The minimum Gasteiger partial charge on any atom is -0.384 e. The number of carbonyl (C=O) groups is 2. The molecule has 2 aromatic carbocycles. The molecule has 0 amide bonds. The molecule has 1 aromatic heterocycles. The minimum absolute atomic E-state index is 0.00634. The van der Waals surface area contributed by atoms with E-state index < -0.39 is 5.92 Å². The maximum absolute atomic E-state index is 13.8. The quantitative estimate of drug-likeness (QED) is 0.236. The number of aryl methyl sites for hydroxylation is 1. The molecule has 0 fully saturated rings. The molecular formula is C32H33N5O2S2. The number of allylic oxidation sites excluding steroid dienone is 3. The van der Waals surface area contributed by atoms with E-state index in [1.165, 1.54) is 28.7 Å². The van der Waals surface area contributed by atoms with Gasteiger partial charge in [-0.25, -0.2) is 0 Å². The molecule has 1 atom stereocenters. The van der Waals surface area contributed by atoms with Crippen LogP contribution in [0.25, 0.3) is 0 Å². The van der Waals surface area contributed by atoms with Crippen LogP contribution in [-0.2, 0) is 4.79 Å². The monoisotopic (exact) mass is 583 g/mol. The first kappa shape index (κ1) is 28.8. The molecule has 0 radical (unpaired) electrons. The van der Waals surface area contributed by atoms with Gasteiger partial charge in [0.25, 0.3) is 0 Å². The Morgan fingerprint density at radius 2 is 1.83 bits per heavy atom. The van der Waals surface area contributed by atoms with Gasteiger partial charge in [0, 0.05) is 23.3 Å². The molecule has 2 N–H and O–H groups in total. The van der Waals surface area contributed by atoms with Crippen molar-refractivity contribution in [2.75, 3.05) is 10.7 Å². The van der Waals surface area contributed by atoms with E-state index in [4.69, 9.17) is 5.73 Å². The van der Waals surface area contributed by atoms with Gasteiger partial charge >= 0.3 is 0 Å². The Labute approximate surface area is 249 Å². The number of thioether (sulfide) groups is 1. The van der Waals surface area contributed by atoms with E-state index in [1.807, 2.05) is 43.3 Å². The van der Waals surface area contributed by atoms with Crippen molar-refractivity contribution in [3.8, 4) is 6.07 Å². The highest BCUT2D eigenvalue weighted by molar-refractivity contribution is 8.01. The maximum atomic E-state index is 13.8. The molecule has 2 heterocycles. The average molecular weight is 584 g/mol. The molecule has 0 saturated carbocycles. The topological polar surface area (TPSA) is 113 Å². The Morgan fingerprint density at radius 3 is 2.46 bits per heavy atom. The predicted molar refractivity (Wildman–Crippen MR) is 164 cm³/mol. The average Bonchev–Trinajstić information content (AvgIpc) is 3.39. The Bertz CT molecular complexity index is 1610. The van der Waals surface area contributed by atoms with Crippen LogP contribution in [0.4, 0.5) is 5.13 Å². The van der Waals surface area contributed by atoms with Gasteiger partial charge in [0.2, 0.25) is 5.13 Å². The molecule has 1 aliphatic heterocycles. The van der Waals surface area contributed by atoms with Crippen molar-refractivity contribution >= 4 is 39.8 Å². The van der Waals surface area contributed by atoms with Crippen LogP contribution in [0.1, 0.15) is 79.4 Å². The van der Waals surface area contributed by atoms with Gasteiger partial charge in [-0.15, -0.1) is 10.2 Å². The second-order valence-corrected chi connectivity index (χ2v) is 13.9. The smallest absolute Gasteiger partial charge is 0.219 e. The van der Waals surface area contributed by atoms with Crippen LogP contribution >= 0.6 is 23.1 Å². The maximum Gasteiger partial charge on any atom is 0.219 e. The number of hydrogen-bond donors (Lipinski definition) is 1. The molecule has 9 heteroatoms. The number of ketones is 2. The third-order valence-electron chi connectivity index (χ3n) is 7.60. The largest absolute Gasteiger partial charge is 0.384 e. The number of Topliss-reactive ketones (excluding diaryl/α,β-unsaturated/α-hetero) is 2. The minimum atomic E-state index is -0.537. The first-order chi connectivity index (χ1) is 19.5. The summed E-state index contributed by atoms with van der Waals surface area (Å²) in [6.07, 6.45) is 0.985. The predicted octanol–water partition coefficient (Wildman–Crippen LogP) is 6.89. The van der Waals surface area contributed by atoms with Gasteiger partial charge in [-0.2, -0.15) is 5.26 Å². The van der Waals surface area contributed by atoms with Gasteiger partial charge in [0.15, 0.2) is 15.9 Å². The highest BCUT2D eigenvalue weighted by Crippen LogP contribution is 2.50. The van der Waals surface area contributed by atoms with Crippen molar-refractivity contribution < 1.29 is 9.59 Å². The number of rotatable bonds is 7. The van der Waals surface area contributed by atoms with Crippen LogP contribution in [0.2, 0.25) is 0 Å². The molecule has 2 aliphatic rings. The number of benzene rings is 2. The van der Waals surface area contributed by atoms with Crippen LogP contribution in [-0.4, -0.2) is 27.5 Å². The summed E-state index contributed by atoms with van der Waals surface area (Å²) in [5.74, 6) is 0.336. The normalized spacial score (nSPS) is 18.5. The lowest BCUT2D eigenvalue weighted by Crippen LogP contribution is -2.42. The van der Waals surface area contributed by atoms with Crippen molar-refractivity contribution in [2.24, 2.45) is 11.1 Å². The molecule has 7 nitrogen and oxygen atoms in total. The molecule has 0 bridgehead atoms. The van der Waals surface area contributed by atoms with Gasteiger partial charge in [-0.1, -0.05) is 105 Å². The van der Waals surface area contributed by atoms with E-state index in [0.717, 1.165) is 16.8 Å². The van der Waals surface area contributed by atoms with E-state index in [1.54, 1.807) is 4.90 Å². The van der Waals surface area contributed by atoms with Crippen molar-refractivity contribution in [3.63, 3.8) is 0 Å². The van der Waals surface area contributed by atoms with Crippen LogP contribution in [0.5, 0.6) is 0 Å². The second-order valence-electron chi connectivity index (χ2n) is 11.7. The van der Waals surface area contributed by atoms with Crippen molar-refractivity contribution in [2.45, 2.75) is 63.6 Å². The number of aromatic nitrogens is 2. The van der Waals surface area contributed by atoms with Crippen LogP contribution in [0.15, 0.2) is 75.5 Å². The molecule has 1 unspecified atom stereocenters. The number of nitriles is 1. The zero-order chi connectivity index (χ0) is 29.5. The van der Waals surface area contributed by atoms with E-state index in [9.17, 15) is 14.9 Å². The number of anilines is 1. The fraction of sp³-hybridized carbons (Fsp3) is 0.344. The lowest BCUT2D eigenvalue weighted by atomic mass is 9.68. The van der Waals surface area contributed by atoms with E-state index in [-0.39, 0.29) is 28.6 Å². The molecular weight excluding hydrogens is 551 g/mol. The number of nitrogens with zero attached hydrogens (tertiary/aromatic N) is 4. The molecule has 1 aliphatic carbocycles. The zero-order valence-corrected chi connectivity index (χ0v) is 25.5. The first-order valence-electron chi connectivity index (χ1n) is 13.6. The summed E-state index contributed by atoms with van der Waals surface area (Å²) in [6.45, 7) is 10.4. The van der Waals surface area contributed by atoms with Crippen LogP contribution < -0.4 is 10.6 Å². The SMILES string of the molecule is Cc1ccc(C(=O)CSc2nnc(N3C(N)=C(C#N)C(c4ccc(C(C)C)cc4)C4=C3CC(C)(C)CC4=O)s2)cc1. The standard InChI is InChI=1S/C32H33N5O2S2/c1-18(2)20-10-12-22(13-11-20)27-23(16-33)29(34)37(24-14-32(4,5)15-25(38)28(24)27)30-35-36-31(41-30)40-17-26(39)21-8-6-19(3)7-9-21/h6-13,18,27H,14-15,17,34H2,1-5H3. The Balaban J connectivity index is 1.51. The number of nitrogens with two attached hydrogens (primary N) is 1. The van der Waals surface area contributed by atoms with Gasteiger partial charge in [0.1, 0.15) is 5.82 Å². The summed E-state index contributed by atoms with van der Waals surface area (Å²) in [6, 6.07) is 17.9. The van der Waals surface area contributed by atoms with E-state index in [2.05, 4.69) is 56.1 Å². The third-order valence-corrected chi connectivity index (χ3v) is 9.65. The van der Waals surface area contributed by atoms with E-state index >= 15 is 0 Å². The highest BCUT2D eigenvalue weighted by Gasteiger charge is 2.45. The summed E-state index contributed by atoms with van der Waals surface area (Å²) >= 11 is 2.61. The first-order valence-corrected chi connectivity index (χ1v) is 15.4. The van der Waals surface area contributed by atoms with E-state index in [0.29, 0.717) is 44.9 Å². The van der Waals surface area contributed by atoms with Crippen molar-refractivity contribution in [1.82, 2.24) is 10.2 Å². The highest BCUT2D eigenvalue weighted by atomic mass is 32.2. The molecule has 0 saturated heterocycles. The van der Waals surface area contributed by atoms with Gasteiger partial charge in [0.05, 0.1) is 23.3 Å². The zero-order valence-electron chi connectivity index (χ0n) is 23.9. The number of carbonyl (C=O) groups excluding carboxylic acids is 2. The third kappa shape index (κ3) is 5.72. The summed E-state index contributed by atoms with van der Waals surface area (Å²) in [4.78, 5) is 28.2. The Kier molecular flexibility index (Phi) is 7.91. The summed E-state index contributed by atoms with van der Waals surface area (Å²) in [7, 11) is 0. The summed E-state index contributed by atoms with van der Waals surface area (Å²) in [5.41, 5.74) is 12.0. The van der Waals surface area contributed by atoms with Crippen LogP contribution in [0, 0.1) is 23.7 Å². The molecule has 5 rings (SSSR count). The van der Waals surface area contributed by atoms with Crippen molar-refractivity contribution in [1.29, 1.82) is 5.26 Å². The molecule has 210 valence electrons. The fourth-order valence-electron chi connectivity index (χ4n) is 5.44. The number of hydrogen-bond acceptors (Lipinski definition) is 9. The molecule has 0 spiro atoms. The fourth-order valence-corrected chi connectivity index (χ4v) is 7.21. The summed E-state index contributed by atoms with van der Waals surface area (Å²) in [5, 5.41) is 19.5. The Morgan fingerprint density at radius 1 is 1.15 bits per heavy atom. The van der Waals surface area contributed by atoms with Crippen molar-refractivity contribution in [3.05, 3.63) is 93.4 Å². The van der Waals surface area contributed by atoms with Gasteiger partial charge in [-0.3, -0.25) is 14.5 Å². The van der Waals surface area contributed by atoms with Gasteiger partial charge in [-0.05, 0) is 35.8 Å². The summed E-state index contributed by atoms with van der Waals surface area (Å²) < 4.78 is 0.613. The lowest BCUT2D eigenvalue weighted by Gasteiger charge is -2.42. The Hall–Kier alpha value is -3.74. The molecule has 3 aromatic rings. The van der Waals surface area contributed by atoms with Gasteiger partial charge < -0.3 is 5.73 Å². The second kappa shape index (κ2) is 11.3. The molecule has 41 heavy (non-hydrogen) atoms. The van der Waals surface area contributed by atoms with Crippen LogP contribution in [0.3, 0.4) is 0 Å². The lowest BCUT2D eigenvalue weighted by molar-refractivity contribution is -0.118.